The highest BCUT2D eigenvalue weighted by Gasteiger charge is 2.48. The van der Waals surface area contributed by atoms with E-state index in [-0.39, 0.29) is 44.6 Å². The average molecular weight is 725 g/mol. The van der Waals surface area contributed by atoms with Crippen molar-refractivity contribution in [3.8, 4) is 0 Å². The Morgan fingerprint density at radius 2 is 0.889 bits per heavy atom. The Morgan fingerprint density at radius 3 is 1.24 bits per heavy atom. The molecule has 2 unspecified atom stereocenters. The summed E-state index contributed by atoms with van der Waals surface area (Å²) in [5.74, 6) is -2.10. The highest BCUT2D eigenvalue weighted by atomic mass is 16.4. The van der Waals surface area contributed by atoms with E-state index in [0.717, 1.165) is 35.1 Å². The summed E-state index contributed by atoms with van der Waals surface area (Å²) in [4.78, 5) is 54.7. The zero-order valence-corrected chi connectivity index (χ0v) is 31.9. The predicted molar refractivity (Wildman–Crippen MR) is 210 cm³/mol. The van der Waals surface area contributed by atoms with E-state index < -0.39 is 11.9 Å². The number of nitrogens with zero attached hydrogens (tertiary/aromatic N) is 2. The van der Waals surface area contributed by atoms with Crippen molar-refractivity contribution in [2.75, 3.05) is 26.2 Å². The Bertz CT molecular complexity index is 2050. The van der Waals surface area contributed by atoms with Crippen LogP contribution in [-0.2, 0) is 0 Å². The molecule has 0 radical (unpaired) electrons. The molecule has 0 saturated carbocycles. The Labute approximate surface area is 317 Å². The Hall–Kier alpha value is -5.50. The van der Waals surface area contributed by atoms with Crippen LogP contribution in [-0.4, -0.2) is 69.9 Å². The molecule has 4 aliphatic rings. The first kappa shape index (κ1) is 36.8. The van der Waals surface area contributed by atoms with Gasteiger partial charge in [0.05, 0.1) is 11.1 Å². The van der Waals surface area contributed by atoms with Crippen LogP contribution >= 0.6 is 0 Å². The van der Waals surface area contributed by atoms with E-state index in [2.05, 4.69) is 65.8 Å². The van der Waals surface area contributed by atoms with Gasteiger partial charge in [0.1, 0.15) is 0 Å². The second-order valence-electron chi connectivity index (χ2n) is 17.0. The molecule has 0 bridgehead atoms. The molecule has 8 nitrogen and oxygen atoms in total. The summed E-state index contributed by atoms with van der Waals surface area (Å²) in [6.45, 7) is 15.2. The van der Waals surface area contributed by atoms with Gasteiger partial charge in [0.25, 0.3) is 11.8 Å². The van der Waals surface area contributed by atoms with Crippen LogP contribution in [0.3, 0.4) is 0 Å². The molecule has 2 N–H and O–H groups in total. The summed E-state index contributed by atoms with van der Waals surface area (Å²) in [6, 6.07) is 21.2. The number of allylic oxidation sites excluding steroid dienone is 4. The second kappa shape index (κ2) is 13.1. The van der Waals surface area contributed by atoms with Crippen molar-refractivity contribution in [3.05, 3.63) is 142 Å². The van der Waals surface area contributed by atoms with Crippen LogP contribution in [0, 0.1) is 21.7 Å². The summed E-state index contributed by atoms with van der Waals surface area (Å²) < 4.78 is 0. The maximum absolute atomic E-state index is 14.1. The third kappa shape index (κ3) is 6.21. The Morgan fingerprint density at radius 1 is 0.519 bits per heavy atom. The van der Waals surface area contributed by atoms with Gasteiger partial charge < -0.3 is 20.0 Å². The van der Waals surface area contributed by atoms with Gasteiger partial charge >= 0.3 is 11.9 Å². The molecule has 2 aliphatic carbocycles. The molecule has 278 valence electrons. The number of aromatic carboxylic acids is 2. The molecule has 8 heteroatoms. The molecule has 2 amide bonds. The topological polar surface area (TPSA) is 115 Å². The Kier molecular flexibility index (Phi) is 8.95. The van der Waals surface area contributed by atoms with Crippen LogP contribution in [0.4, 0.5) is 0 Å². The van der Waals surface area contributed by atoms with Gasteiger partial charge in [-0.05, 0) is 77.6 Å². The van der Waals surface area contributed by atoms with E-state index >= 15 is 0 Å². The number of carbonyl (C=O) groups is 4. The van der Waals surface area contributed by atoms with Crippen LogP contribution in [0.15, 0.2) is 108 Å². The largest absolute Gasteiger partial charge is 0.478 e. The van der Waals surface area contributed by atoms with Gasteiger partial charge in [0, 0.05) is 59.0 Å². The van der Waals surface area contributed by atoms with Crippen LogP contribution < -0.4 is 0 Å². The van der Waals surface area contributed by atoms with Crippen molar-refractivity contribution in [2.45, 2.75) is 54.4 Å². The standard InChI is InChI=1S/C46H48N2O6/c1-43(2)35(29-10-14-31(15-11-29)41(51)52)18-22-45(5)27-47(24-20-37(43)45)39(49)33-8-7-9-34(26-33)40(50)48-25-21-38-44(3,4)36(19-23-46(38,6)28-48)30-12-16-32(17-13-30)42(53)54/h7-21,26H,22-25,27-28H2,1-6H3,(H,51,52)(H,53,54). The minimum Gasteiger partial charge on any atom is -0.478 e. The number of benzene rings is 3. The van der Waals surface area contributed by atoms with E-state index in [9.17, 15) is 29.4 Å². The molecule has 0 fully saturated rings. The number of amides is 2. The lowest BCUT2D eigenvalue weighted by atomic mass is 9.58. The number of carboxylic acid groups (broad SMARTS) is 2. The summed E-state index contributed by atoms with van der Waals surface area (Å²) in [5.41, 5.74) is 7.21. The van der Waals surface area contributed by atoms with Crippen molar-refractivity contribution in [2.24, 2.45) is 21.7 Å². The fourth-order valence-electron chi connectivity index (χ4n) is 9.86. The maximum Gasteiger partial charge on any atom is 0.335 e. The predicted octanol–water partition coefficient (Wildman–Crippen LogP) is 8.89. The summed E-state index contributed by atoms with van der Waals surface area (Å²) in [5, 5.41) is 18.7. The van der Waals surface area contributed by atoms with Gasteiger partial charge in [-0.3, -0.25) is 9.59 Å². The number of rotatable bonds is 6. The van der Waals surface area contributed by atoms with Crippen molar-refractivity contribution in [1.29, 1.82) is 0 Å². The molecule has 2 atom stereocenters. The number of hydrogen-bond donors (Lipinski definition) is 2. The van der Waals surface area contributed by atoms with Gasteiger partial charge in [-0.1, -0.05) is 107 Å². The van der Waals surface area contributed by atoms with E-state index in [4.69, 9.17) is 0 Å². The van der Waals surface area contributed by atoms with E-state index in [1.807, 2.05) is 34.1 Å². The first-order valence-corrected chi connectivity index (χ1v) is 18.6. The molecule has 2 aliphatic heterocycles. The van der Waals surface area contributed by atoms with Crippen molar-refractivity contribution in [1.82, 2.24) is 9.80 Å². The third-order valence-corrected chi connectivity index (χ3v) is 12.4. The first-order valence-electron chi connectivity index (χ1n) is 18.6. The molecule has 0 aromatic heterocycles. The molecule has 54 heavy (non-hydrogen) atoms. The number of fused-ring (bicyclic) bond motifs is 2. The van der Waals surface area contributed by atoms with Crippen molar-refractivity contribution < 1.29 is 29.4 Å². The lowest BCUT2D eigenvalue weighted by Crippen LogP contribution is -2.49. The summed E-state index contributed by atoms with van der Waals surface area (Å²) >= 11 is 0. The minimum absolute atomic E-state index is 0.103. The normalized spacial score (nSPS) is 24.2. The molecule has 3 aromatic rings. The second-order valence-corrected chi connectivity index (χ2v) is 17.0. The zero-order valence-electron chi connectivity index (χ0n) is 31.9. The number of carboxylic acids is 2. The lowest BCUT2D eigenvalue weighted by molar-refractivity contribution is 0.0671. The smallest absolute Gasteiger partial charge is 0.335 e. The third-order valence-electron chi connectivity index (χ3n) is 12.4. The molecule has 2 heterocycles. The molecule has 3 aromatic carbocycles. The summed E-state index contributed by atoms with van der Waals surface area (Å²) in [7, 11) is 0. The van der Waals surface area contributed by atoms with Crippen molar-refractivity contribution >= 4 is 34.9 Å². The van der Waals surface area contributed by atoms with Crippen LogP contribution in [0.2, 0.25) is 0 Å². The average Bonchev–Trinajstić information content (AvgIpc) is 3.13. The van der Waals surface area contributed by atoms with Crippen LogP contribution in [0.25, 0.3) is 11.1 Å². The SMILES string of the molecule is CC12CC=C(c3ccc(C(=O)O)cc3)C(C)(C)C1=CCN(C(=O)c1cccc(C(=O)N3CC=C4C(C)(CC=C(c5ccc(C(=O)O)cc5)C4(C)C)C3)c1)C2. The monoisotopic (exact) mass is 724 g/mol. The van der Waals surface area contributed by atoms with E-state index in [1.165, 1.54) is 11.1 Å². The van der Waals surface area contributed by atoms with E-state index in [0.29, 0.717) is 37.3 Å². The van der Waals surface area contributed by atoms with Crippen molar-refractivity contribution in [3.63, 3.8) is 0 Å². The zero-order chi connectivity index (χ0) is 38.8. The molecule has 0 spiro atoms. The number of carbonyl (C=O) groups excluding carboxylic acids is 2. The van der Waals surface area contributed by atoms with Crippen LogP contribution in [0.1, 0.15) is 107 Å². The maximum atomic E-state index is 14.1. The quantitative estimate of drug-likeness (QED) is 0.246. The van der Waals surface area contributed by atoms with Gasteiger partial charge in [-0.2, -0.15) is 0 Å². The molecule has 0 saturated heterocycles. The summed E-state index contributed by atoms with van der Waals surface area (Å²) in [6.07, 6.45) is 10.3. The van der Waals surface area contributed by atoms with Gasteiger partial charge in [0.15, 0.2) is 0 Å². The number of hydrogen-bond acceptors (Lipinski definition) is 4. The van der Waals surface area contributed by atoms with Crippen LogP contribution in [0.5, 0.6) is 0 Å². The highest BCUT2D eigenvalue weighted by molar-refractivity contribution is 6.00. The minimum atomic E-state index is -0.946. The molecular formula is C46H48N2O6. The first-order chi connectivity index (χ1) is 25.4. The molecule has 7 rings (SSSR count). The van der Waals surface area contributed by atoms with Gasteiger partial charge in [-0.15, -0.1) is 0 Å². The lowest BCUT2D eigenvalue weighted by Gasteiger charge is -2.50. The van der Waals surface area contributed by atoms with E-state index in [1.54, 1.807) is 48.5 Å². The van der Waals surface area contributed by atoms with Gasteiger partial charge in [0.2, 0.25) is 0 Å². The van der Waals surface area contributed by atoms with Gasteiger partial charge in [-0.25, -0.2) is 9.59 Å². The molecular weight excluding hydrogens is 677 g/mol. The fraction of sp³-hybridized carbons (Fsp3) is 0.348. The highest BCUT2D eigenvalue weighted by Crippen LogP contribution is 2.56. The Balaban J connectivity index is 1.06. The fourth-order valence-corrected chi connectivity index (χ4v) is 9.86.